The molecule has 210 valence electrons. The largest absolute Gasteiger partial charge is 0.480 e. The molecular formula is C29H29NO10. The Balaban J connectivity index is 0.000000389. The van der Waals surface area contributed by atoms with Crippen LogP contribution in [0, 0.1) is 13.8 Å². The summed E-state index contributed by atoms with van der Waals surface area (Å²) in [6.45, 7) is 3.58. The number of hydrogen-bond acceptors (Lipinski definition) is 8. The molecule has 3 rings (SSSR count). The molecule has 3 aromatic rings. The molecule has 5 N–H and O–H groups in total. The maximum atomic E-state index is 12.2. The molecule has 40 heavy (non-hydrogen) atoms. The first-order valence-electron chi connectivity index (χ1n) is 11.9. The molecule has 0 radical (unpaired) electrons. The van der Waals surface area contributed by atoms with Crippen LogP contribution in [0.4, 0.5) is 0 Å². The molecule has 0 aromatic heterocycles. The van der Waals surface area contributed by atoms with E-state index in [1.165, 1.54) is 24.3 Å². The average molecular weight is 552 g/mol. The molecule has 0 aliphatic heterocycles. The van der Waals surface area contributed by atoms with Gasteiger partial charge in [-0.3, -0.25) is 4.79 Å². The second-order valence-electron chi connectivity index (χ2n) is 8.69. The van der Waals surface area contributed by atoms with Crippen LogP contribution in [-0.4, -0.2) is 63.4 Å². The van der Waals surface area contributed by atoms with Gasteiger partial charge in [0, 0.05) is 0 Å². The number of nitrogens with two attached hydrogens (primary N) is 1. The maximum Gasteiger partial charge on any atom is 0.349 e. The first-order chi connectivity index (χ1) is 18.9. The van der Waals surface area contributed by atoms with E-state index in [-0.39, 0.29) is 11.1 Å². The van der Waals surface area contributed by atoms with E-state index in [1.54, 1.807) is 38.1 Å². The van der Waals surface area contributed by atoms with Gasteiger partial charge >= 0.3 is 29.8 Å². The zero-order chi connectivity index (χ0) is 29.8. The lowest BCUT2D eigenvalue weighted by Crippen LogP contribution is -2.45. The quantitative estimate of drug-likeness (QED) is 0.271. The van der Waals surface area contributed by atoms with Gasteiger partial charge in [-0.05, 0) is 50.1 Å². The Morgan fingerprint density at radius 3 is 1.32 bits per heavy atom. The third-order valence-corrected chi connectivity index (χ3v) is 5.42. The van der Waals surface area contributed by atoms with E-state index in [0.717, 1.165) is 16.7 Å². The van der Waals surface area contributed by atoms with Crippen LogP contribution < -0.4 is 5.73 Å². The van der Waals surface area contributed by atoms with Crippen LogP contribution in [0.25, 0.3) is 0 Å². The van der Waals surface area contributed by atoms with Gasteiger partial charge in [0.2, 0.25) is 12.2 Å². The summed E-state index contributed by atoms with van der Waals surface area (Å²) in [6.07, 6.45) is -4.06. The molecule has 0 saturated carbocycles. The normalized spacial score (nSPS) is 12.5. The number of aryl methyl sites for hydroxylation is 2. The Labute approximate surface area is 229 Å². The number of carboxylic acids is 3. The zero-order valence-corrected chi connectivity index (χ0v) is 21.7. The molecular weight excluding hydrogens is 522 g/mol. The van der Waals surface area contributed by atoms with Gasteiger partial charge in [0.05, 0.1) is 11.1 Å². The van der Waals surface area contributed by atoms with Crippen LogP contribution >= 0.6 is 0 Å². The number of esters is 2. The summed E-state index contributed by atoms with van der Waals surface area (Å²) in [5.74, 6) is -6.58. The van der Waals surface area contributed by atoms with Crippen molar-refractivity contribution in [2.24, 2.45) is 5.73 Å². The third kappa shape index (κ3) is 9.69. The number of hydrogen-bond donors (Lipinski definition) is 4. The molecule has 0 aliphatic carbocycles. The lowest BCUT2D eigenvalue weighted by Gasteiger charge is -2.21. The molecule has 0 spiro atoms. The number of ether oxygens (including phenoxy) is 2. The van der Waals surface area contributed by atoms with Crippen molar-refractivity contribution in [1.82, 2.24) is 0 Å². The van der Waals surface area contributed by atoms with Gasteiger partial charge in [0.1, 0.15) is 6.04 Å². The molecule has 0 fully saturated rings. The molecule has 11 heteroatoms. The van der Waals surface area contributed by atoms with Crippen LogP contribution in [-0.2, 0) is 30.3 Å². The predicted molar refractivity (Wildman–Crippen MR) is 142 cm³/mol. The highest BCUT2D eigenvalue weighted by Crippen LogP contribution is 2.14. The second kappa shape index (κ2) is 14.8. The number of aliphatic carboxylic acids is 3. The van der Waals surface area contributed by atoms with Crippen molar-refractivity contribution in [3.63, 3.8) is 0 Å². The highest BCUT2D eigenvalue weighted by atomic mass is 16.6. The fourth-order valence-corrected chi connectivity index (χ4v) is 3.18. The van der Waals surface area contributed by atoms with Crippen molar-refractivity contribution in [3.8, 4) is 0 Å². The standard InChI is InChI=1S/C20H18O8.C9H11NO2/c1-11-3-7-13(8-4-11)19(25)27-15(17(21)22)16(18(23)24)28-20(26)14-9-5-12(2)6-10-14;10-8(9(11)12)6-7-4-2-1-3-5-7/h3-10,15-16H,1-2H3,(H,21,22)(H,23,24);1-5,8H,6,10H2,(H,11,12)/t15-,16-;8-/m11/s1. The average Bonchev–Trinajstić information content (AvgIpc) is 2.91. The van der Waals surface area contributed by atoms with E-state index >= 15 is 0 Å². The van der Waals surface area contributed by atoms with Crippen LogP contribution in [0.5, 0.6) is 0 Å². The minimum Gasteiger partial charge on any atom is -0.480 e. The van der Waals surface area contributed by atoms with Crippen molar-refractivity contribution in [3.05, 3.63) is 107 Å². The van der Waals surface area contributed by atoms with E-state index < -0.39 is 48.1 Å². The van der Waals surface area contributed by atoms with E-state index in [4.69, 9.17) is 20.3 Å². The van der Waals surface area contributed by atoms with Crippen LogP contribution in [0.2, 0.25) is 0 Å². The van der Waals surface area contributed by atoms with Gasteiger partial charge in [-0.15, -0.1) is 0 Å². The van der Waals surface area contributed by atoms with Gasteiger partial charge in [0.25, 0.3) is 0 Å². The molecule has 0 heterocycles. The smallest absolute Gasteiger partial charge is 0.349 e. The maximum absolute atomic E-state index is 12.2. The molecule has 0 amide bonds. The molecule has 0 saturated heterocycles. The van der Waals surface area contributed by atoms with E-state index in [0.29, 0.717) is 6.42 Å². The van der Waals surface area contributed by atoms with Crippen molar-refractivity contribution >= 4 is 29.8 Å². The van der Waals surface area contributed by atoms with E-state index in [2.05, 4.69) is 0 Å². The Morgan fingerprint density at radius 1 is 0.625 bits per heavy atom. The van der Waals surface area contributed by atoms with Gasteiger partial charge in [-0.1, -0.05) is 65.7 Å². The molecule has 11 nitrogen and oxygen atoms in total. The fourth-order valence-electron chi connectivity index (χ4n) is 3.18. The minimum absolute atomic E-state index is 0.0332. The number of benzene rings is 3. The summed E-state index contributed by atoms with van der Waals surface area (Å²) in [5, 5.41) is 27.2. The number of carbonyl (C=O) groups excluding carboxylic acids is 2. The first kappa shape index (κ1) is 31.2. The van der Waals surface area contributed by atoms with Crippen molar-refractivity contribution in [2.45, 2.75) is 38.5 Å². The van der Waals surface area contributed by atoms with E-state index in [1.807, 2.05) is 30.3 Å². The number of carboxylic acid groups (broad SMARTS) is 3. The fraction of sp³-hybridized carbons (Fsp3) is 0.207. The summed E-state index contributed by atoms with van der Waals surface area (Å²) in [4.78, 5) is 57.7. The minimum atomic E-state index is -2.22. The van der Waals surface area contributed by atoms with Crippen LogP contribution in [0.15, 0.2) is 78.9 Å². The first-order valence-corrected chi connectivity index (χ1v) is 11.9. The molecule has 0 unspecified atom stereocenters. The zero-order valence-electron chi connectivity index (χ0n) is 21.7. The van der Waals surface area contributed by atoms with Gasteiger partial charge in [-0.25, -0.2) is 19.2 Å². The Hall–Kier alpha value is -5.03. The van der Waals surface area contributed by atoms with Crippen molar-refractivity contribution < 1.29 is 48.8 Å². The molecule has 3 atom stereocenters. The monoisotopic (exact) mass is 551 g/mol. The van der Waals surface area contributed by atoms with Gasteiger partial charge in [-0.2, -0.15) is 0 Å². The lowest BCUT2D eigenvalue weighted by molar-refractivity contribution is -0.166. The molecule has 3 aromatic carbocycles. The Kier molecular flexibility index (Phi) is 11.5. The Bertz CT molecular complexity index is 1250. The van der Waals surface area contributed by atoms with Crippen molar-refractivity contribution in [2.75, 3.05) is 0 Å². The number of carbonyl (C=O) groups is 5. The number of rotatable bonds is 10. The van der Waals surface area contributed by atoms with Crippen molar-refractivity contribution in [1.29, 1.82) is 0 Å². The molecule has 0 aliphatic rings. The predicted octanol–water partition coefficient (Wildman–Crippen LogP) is 2.86. The van der Waals surface area contributed by atoms with Crippen LogP contribution in [0.1, 0.15) is 37.4 Å². The summed E-state index contributed by atoms with van der Waals surface area (Å²) in [5.41, 5.74) is 8.09. The van der Waals surface area contributed by atoms with E-state index in [9.17, 15) is 34.2 Å². The second-order valence-corrected chi connectivity index (χ2v) is 8.69. The van der Waals surface area contributed by atoms with Crippen LogP contribution in [0.3, 0.4) is 0 Å². The highest BCUT2D eigenvalue weighted by molar-refractivity contribution is 5.95. The molecule has 0 bridgehead atoms. The summed E-state index contributed by atoms with van der Waals surface area (Å²) in [7, 11) is 0. The third-order valence-electron chi connectivity index (χ3n) is 5.42. The Morgan fingerprint density at radius 2 is 1.00 bits per heavy atom. The lowest BCUT2D eigenvalue weighted by atomic mass is 10.1. The summed E-state index contributed by atoms with van der Waals surface area (Å²) < 4.78 is 9.64. The SMILES string of the molecule is Cc1ccc(C(=O)O[C@@H](C(=O)O)[C@@H](OC(=O)c2ccc(C)cc2)C(=O)O)cc1.N[C@H](Cc1ccccc1)C(=O)O. The highest BCUT2D eigenvalue weighted by Gasteiger charge is 2.41. The topological polar surface area (TPSA) is 191 Å². The summed E-state index contributed by atoms with van der Waals surface area (Å²) >= 11 is 0. The van der Waals surface area contributed by atoms with Gasteiger partial charge in [0.15, 0.2) is 0 Å². The summed E-state index contributed by atoms with van der Waals surface area (Å²) in [6, 6.07) is 20.6. The van der Waals surface area contributed by atoms with Gasteiger partial charge < -0.3 is 30.5 Å².